The standard InChI is InChI=1S/C15H26O8S2/c1-12(14(16)21-3)10-22-6-4-8-24-11-13(2)15(17)23-7-5-9-25(18,19)20/h13H,1,4-11H2,2-3H3,(H,18,19,20). The highest BCUT2D eigenvalue weighted by atomic mass is 32.2. The van der Waals surface area contributed by atoms with Crippen molar-refractivity contribution in [2.24, 2.45) is 5.92 Å². The molecule has 0 aliphatic carbocycles. The van der Waals surface area contributed by atoms with Crippen molar-refractivity contribution in [2.45, 2.75) is 19.8 Å². The van der Waals surface area contributed by atoms with Gasteiger partial charge in [0, 0.05) is 12.4 Å². The SMILES string of the molecule is C=C(COCCCSCC(C)C(=O)OCCCS(=O)(=O)O)C(=O)OC. The molecule has 1 N–H and O–H groups in total. The number of hydrogen-bond acceptors (Lipinski definition) is 8. The molecule has 0 aromatic rings. The summed E-state index contributed by atoms with van der Waals surface area (Å²) < 4.78 is 44.3. The lowest BCUT2D eigenvalue weighted by molar-refractivity contribution is -0.147. The summed E-state index contributed by atoms with van der Waals surface area (Å²) in [4.78, 5) is 22.7. The number of thioether (sulfide) groups is 1. The third kappa shape index (κ3) is 13.8. The van der Waals surface area contributed by atoms with E-state index in [4.69, 9.17) is 14.0 Å². The van der Waals surface area contributed by atoms with Gasteiger partial charge >= 0.3 is 11.9 Å². The van der Waals surface area contributed by atoms with Crippen LogP contribution in [0.3, 0.4) is 0 Å². The van der Waals surface area contributed by atoms with Gasteiger partial charge in [-0.3, -0.25) is 9.35 Å². The lowest BCUT2D eigenvalue weighted by atomic mass is 10.2. The first-order valence-electron chi connectivity index (χ1n) is 7.70. The van der Waals surface area contributed by atoms with E-state index in [1.165, 1.54) is 7.11 Å². The average molecular weight is 398 g/mol. The zero-order valence-electron chi connectivity index (χ0n) is 14.6. The maximum atomic E-state index is 11.7. The normalized spacial score (nSPS) is 12.4. The van der Waals surface area contributed by atoms with Crippen molar-refractivity contribution in [3.8, 4) is 0 Å². The minimum absolute atomic E-state index is 0.0362. The smallest absolute Gasteiger partial charge is 0.335 e. The van der Waals surface area contributed by atoms with Gasteiger partial charge in [0.2, 0.25) is 0 Å². The molecule has 1 unspecified atom stereocenters. The summed E-state index contributed by atoms with van der Waals surface area (Å²) in [5.41, 5.74) is 0.264. The number of ether oxygens (including phenoxy) is 3. The Hall–Kier alpha value is -1.10. The molecule has 0 spiro atoms. The van der Waals surface area contributed by atoms with Crippen molar-refractivity contribution >= 4 is 33.8 Å². The highest BCUT2D eigenvalue weighted by molar-refractivity contribution is 7.99. The molecule has 10 heteroatoms. The molecule has 0 heterocycles. The van der Waals surface area contributed by atoms with Crippen molar-refractivity contribution < 1.29 is 36.8 Å². The fourth-order valence-corrected chi connectivity index (χ4v) is 3.01. The number of carbonyl (C=O) groups is 2. The fourth-order valence-electron chi connectivity index (χ4n) is 1.55. The van der Waals surface area contributed by atoms with Crippen molar-refractivity contribution in [1.82, 2.24) is 0 Å². The molecule has 146 valence electrons. The van der Waals surface area contributed by atoms with Crippen LogP contribution in [0.15, 0.2) is 12.2 Å². The Bertz CT molecular complexity index is 530. The fraction of sp³-hybridized carbons (Fsp3) is 0.733. The van der Waals surface area contributed by atoms with Crippen molar-refractivity contribution in [3.63, 3.8) is 0 Å². The summed E-state index contributed by atoms with van der Waals surface area (Å²) in [6.07, 6.45) is 0.827. The Morgan fingerprint density at radius 1 is 1.24 bits per heavy atom. The number of hydrogen-bond donors (Lipinski definition) is 1. The van der Waals surface area contributed by atoms with Gasteiger partial charge in [0.1, 0.15) is 0 Å². The quantitative estimate of drug-likeness (QED) is 0.200. The number of esters is 2. The van der Waals surface area contributed by atoms with Crippen LogP contribution in [0.5, 0.6) is 0 Å². The molecule has 25 heavy (non-hydrogen) atoms. The molecule has 0 saturated carbocycles. The molecule has 0 rings (SSSR count). The Morgan fingerprint density at radius 3 is 2.52 bits per heavy atom. The lowest BCUT2D eigenvalue weighted by Gasteiger charge is -2.11. The molecule has 0 aliphatic rings. The van der Waals surface area contributed by atoms with Crippen molar-refractivity contribution in [1.29, 1.82) is 0 Å². The van der Waals surface area contributed by atoms with Crippen LogP contribution in [0.1, 0.15) is 19.8 Å². The van der Waals surface area contributed by atoms with Gasteiger partial charge in [0.25, 0.3) is 10.1 Å². The van der Waals surface area contributed by atoms with E-state index in [1.54, 1.807) is 18.7 Å². The molecule has 0 fully saturated rings. The molecule has 0 amide bonds. The maximum absolute atomic E-state index is 11.7. The Labute approximate surface area is 153 Å². The van der Waals surface area contributed by atoms with Crippen LogP contribution in [0.25, 0.3) is 0 Å². The van der Waals surface area contributed by atoms with E-state index in [-0.39, 0.29) is 31.1 Å². The molecule has 0 aromatic heterocycles. The van der Waals surface area contributed by atoms with E-state index in [2.05, 4.69) is 11.3 Å². The van der Waals surface area contributed by atoms with Crippen LogP contribution in [-0.4, -0.2) is 69.1 Å². The monoisotopic (exact) mass is 398 g/mol. The highest BCUT2D eigenvalue weighted by Gasteiger charge is 2.15. The van der Waals surface area contributed by atoms with Gasteiger partial charge in [-0.05, 0) is 18.6 Å². The third-order valence-electron chi connectivity index (χ3n) is 2.89. The maximum Gasteiger partial charge on any atom is 0.335 e. The summed E-state index contributed by atoms with van der Waals surface area (Å²) in [6, 6.07) is 0. The van der Waals surface area contributed by atoms with Gasteiger partial charge in [0.15, 0.2) is 0 Å². The molecule has 0 bridgehead atoms. The van der Waals surface area contributed by atoms with Crippen LogP contribution < -0.4 is 0 Å². The third-order valence-corrected chi connectivity index (χ3v) is 5.01. The summed E-state index contributed by atoms with van der Waals surface area (Å²) in [5.74, 6) is -0.259. The van der Waals surface area contributed by atoms with Gasteiger partial charge in [-0.1, -0.05) is 13.5 Å². The number of carbonyl (C=O) groups excluding carboxylic acids is 2. The first-order chi connectivity index (χ1) is 11.7. The van der Waals surface area contributed by atoms with Gasteiger partial charge in [0.05, 0.1) is 37.6 Å². The summed E-state index contributed by atoms with van der Waals surface area (Å²) in [5, 5.41) is 0. The second-order valence-corrected chi connectivity index (χ2v) is 8.01. The molecule has 0 radical (unpaired) electrons. The molecule has 0 aromatic carbocycles. The molecule has 0 aliphatic heterocycles. The molecular formula is C15H26O8S2. The Balaban J connectivity index is 3.62. The van der Waals surface area contributed by atoms with Gasteiger partial charge in [-0.15, -0.1) is 0 Å². The van der Waals surface area contributed by atoms with Crippen LogP contribution in [-0.2, 0) is 33.9 Å². The predicted octanol–water partition coefficient (Wildman–Crippen LogP) is 1.31. The van der Waals surface area contributed by atoms with Gasteiger partial charge in [-0.25, -0.2) is 4.79 Å². The van der Waals surface area contributed by atoms with Crippen molar-refractivity contribution in [3.05, 3.63) is 12.2 Å². The van der Waals surface area contributed by atoms with Crippen LogP contribution in [0.4, 0.5) is 0 Å². The zero-order chi connectivity index (χ0) is 19.3. The predicted molar refractivity (Wildman–Crippen MR) is 95.1 cm³/mol. The molecule has 0 saturated heterocycles. The molecular weight excluding hydrogens is 372 g/mol. The van der Waals surface area contributed by atoms with E-state index < -0.39 is 27.8 Å². The van der Waals surface area contributed by atoms with Gasteiger partial charge < -0.3 is 14.2 Å². The topological polar surface area (TPSA) is 116 Å². The first kappa shape index (κ1) is 23.9. The first-order valence-corrected chi connectivity index (χ1v) is 10.5. The lowest BCUT2D eigenvalue weighted by Crippen LogP contribution is -2.19. The molecule has 8 nitrogen and oxygen atoms in total. The summed E-state index contributed by atoms with van der Waals surface area (Å²) in [7, 11) is -2.74. The van der Waals surface area contributed by atoms with Crippen LogP contribution >= 0.6 is 11.8 Å². The second-order valence-electron chi connectivity index (χ2n) is 5.28. The Kier molecular flexibility index (Phi) is 12.6. The van der Waals surface area contributed by atoms with E-state index in [0.29, 0.717) is 12.4 Å². The van der Waals surface area contributed by atoms with Crippen LogP contribution in [0.2, 0.25) is 0 Å². The van der Waals surface area contributed by atoms with Crippen molar-refractivity contribution in [2.75, 3.05) is 44.2 Å². The average Bonchev–Trinajstić information content (AvgIpc) is 2.55. The number of rotatable bonds is 14. The minimum atomic E-state index is -4.02. The Morgan fingerprint density at radius 2 is 1.92 bits per heavy atom. The van der Waals surface area contributed by atoms with E-state index in [0.717, 1.165) is 12.2 Å². The zero-order valence-corrected chi connectivity index (χ0v) is 16.2. The summed E-state index contributed by atoms with van der Waals surface area (Å²) >= 11 is 1.57. The molecule has 1 atom stereocenters. The number of methoxy groups -OCH3 is 1. The van der Waals surface area contributed by atoms with E-state index >= 15 is 0 Å². The highest BCUT2D eigenvalue weighted by Crippen LogP contribution is 2.11. The summed E-state index contributed by atoms with van der Waals surface area (Å²) in [6.45, 7) is 5.84. The van der Waals surface area contributed by atoms with E-state index in [1.807, 2.05) is 0 Å². The van der Waals surface area contributed by atoms with E-state index in [9.17, 15) is 18.0 Å². The van der Waals surface area contributed by atoms with Crippen LogP contribution in [0, 0.1) is 5.92 Å². The minimum Gasteiger partial charge on any atom is -0.466 e. The largest absolute Gasteiger partial charge is 0.466 e. The second kappa shape index (κ2) is 13.2. The van der Waals surface area contributed by atoms with Gasteiger partial charge in [-0.2, -0.15) is 20.2 Å².